The molecule has 65 heavy (non-hydrogen) atoms. The van der Waals surface area contributed by atoms with Gasteiger partial charge in [-0.05, 0) is 96.6 Å². The van der Waals surface area contributed by atoms with Crippen molar-refractivity contribution in [1.29, 1.82) is 0 Å². The van der Waals surface area contributed by atoms with Gasteiger partial charge in [0.2, 0.25) is 0 Å². The van der Waals surface area contributed by atoms with Crippen molar-refractivity contribution in [2.75, 3.05) is 0 Å². The molecule has 2 aromatic heterocycles. The molecule has 0 aliphatic heterocycles. The van der Waals surface area contributed by atoms with Crippen molar-refractivity contribution >= 4 is 72.4 Å². The van der Waals surface area contributed by atoms with Gasteiger partial charge in [-0.1, -0.05) is 200 Å². The fourth-order valence-electron chi connectivity index (χ4n) is 12.4. The molecule has 10 aromatic carbocycles. The van der Waals surface area contributed by atoms with E-state index in [9.17, 15) is 0 Å². The van der Waals surface area contributed by atoms with E-state index >= 15 is 0 Å². The fraction of sp³-hybridized carbons (Fsp3) is 0.0323. The Morgan fingerprint density at radius 3 is 1.38 bits per heavy atom. The number of nitrogens with zero attached hydrogens (tertiary/aromatic N) is 2. The summed E-state index contributed by atoms with van der Waals surface area (Å²) in [6.45, 7) is 0. The average molecular weight is 843 g/mol. The first-order chi connectivity index (χ1) is 32.3. The van der Waals surface area contributed by atoms with Crippen molar-refractivity contribution < 1.29 is 0 Å². The van der Waals surface area contributed by atoms with E-state index in [2.05, 4.69) is 252 Å². The molecule has 2 bridgehead atoms. The highest BCUT2D eigenvalue weighted by molar-refractivity contribution is 7.20. The number of hydrogen-bond donors (Lipinski definition) is 0. The maximum Gasteiger partial charge on any atom is 0.179 e. The lowest BCUT2D eigenvalue weighted by molar-refractivity contribution is 0.761. The highest BCUT2D eigenvalue weighted by Gasteiger charge is 2.44. The van der Waals surface area contributed by atoms with Crippen molar-refractivity contribution in [2.24, 2.45) is 0 Å². The monoisotopic (exact) mass is 842 g/mol. The zero-order valence-electron chi connectivity index (χ0n) is 35.6. The number of aromatic nitrogens is 2. The molecule has 0 amide bonds. The molecular formula is C62H42N2Si. The third kappa shape index (κ3) is 4.99. The van der Waals surface area contributed by atoms with Crippen LogP contribution in [0.3, 0.4) is 0 Å². The number of para-hydroxylation sites is 2. The molecule has 3 aliphatic carbocycles. The van der Waals surface area contributed by atoms with Gasteiger partial charge in [0.05, 0.1) is 27.8 Å². The second-order valence-corrected chi connectivity index (χ2v) is 21.7. The second-order valence-electron chi connectivity index (χ2n) is 17.9. The lowest BCUT2D eigenvalue weighted by atomic mass is 9.60. The summed E-state index contributed by atoms with van der Waals surface area (Å²) < 4.78 is 5.07. The molecule has 0 radical (unpaired) electrons. The number of benzene rings is 10. The topological polar surface area (TPSA) is 9.86 Å². The van der Waals surface area contributed by atoms with Crippen LogP contribution in [0.4, 0.5) is 0 Å². The molecule has 2 heterocycles. The number of rotatable bonds is 6. The molecule has 3 aliphatic rings. The van der Waals surface area contributed by atoms with Gasteiger partial charge in [0.25, 0.3) is 0 Å². The van der Waals surface area contributed by atoms with E-state index in [-0.39, 0.29) is 11.8 Å². The van der Waals surface area contributed by atoms with E-state index in [1.165, 1.54) is 103 Å². The Morgan fingerprint density at radius 1 is 0.292 bits per heavy atom. The van der Waals surface area contributed by atoms with Crippen LogP contribution in [0, 0.1) is 0 Å². The molecule has 304 valence electrons. The fourth-order valence-corrected chi connectivity index (χ4v) is 17.1. The van der Waals surface area contributed by atoms with Gasteiger partial charge in [0.15, 0.2) is 8.07 Å². The maximum atomic E-state index is 2.59. The summed E-state index contributed by atoms with van der Waals surface area (Å²) in [4.78, 5) is 0. The molecule has 2 nitrogen and oxygen atoms in total. The van der Waals surface area contributed by atoms with Crippen LogP contribution in [0.15, 0.2) is 243 Å². The van der Waals surface area contributed by atoms with Crippen LogP contribution in [-0.4, -0.2) is 17.2 Å². The van der Waals surface area contributed by atoms with Crippen LogP contribution < -0.4 is 20.7 Å². The Bertz CT molecular complexity index is 3690. The first-order valence-corrected chi connectivity index (χ1v) is 24.8. The van der Waals surface area contributed by atoms with E-state index < -0.39 is 8.07 Å². The van der Waals surface area contributed by atoms with Crippen molar-refractivity contribution in [3.05, 3.63) is 276 Å². The minimum absolute atomic E-state index is 0.163. The predicted octanol–water partition coefficient (Wildman–Crippen LogP) is 12.2. The largest absolute Gasteiger partial charge is 0.309 e. The van der Waals surface area contributed by atoms with Gasteiger partial charge >= 0.3 is 0 Å². The molecular weight excluding hydrogens is 801 g/mol. The highest BCUT2D eigenvalue weighted by atomic mass is 28.3. The third-order valence-electron chi connectivity index (χ3n) is 14.8. The Morgan fingerprint density at radius 2 is 0.769 bits per heavy atom. The first-order valence-electron chi connectivity index (χ1n) is 22.8. The maximum absolute atomic E-state index is 2.84. The van der Waals surface area contributed by atoms with Gasteiger partial charge in [-0.2, -0.15) is 0 Å². The van der Waals surface area contributed by atoms with Gasteiger partial charge in [0, 0.05) is 39.1 Å². The van der Waals surface area contributed by atoms with E-state index in [1.807, 2.05) is 0 Å². The number of hydrogen-bond acceptors (Lipinski definition) is 0. The molecule has 12 aromatic rings. The smallest absolute Gasteiger partial charge is 0.179 e. The van der Waals surface area contributed by atoms with Crippen molar-refractivity contribution in [3.8, 4) is 11.4 Å². The van der Waals surface area contributed by atoms with E-state index in [0.29, 0.717) is 0 Å². The number of fused-ring (bicyclic) bond motifs is 6. The lowest BCUT2D eigenvalue weighted by Gasteiger charge is -2.42. The van der Waals surface area contributed by atoms with Gasteiger partial charge in [-0.3, -0.25) is 0 Å². The molecule has 15 rings (SSSR count). The molecule has 0 saturated heterocycles. The molecule has 0 unspecified atom stereocenters. The third-order valence-corrected chi connectivity index (χ3v) is 19.6. The molecule has 0 fully saturated rings. The standard InChI is InChI=1S/C62H42N2Si/c1-5-20-41(21-6-1)63-54-38-36-45(65(42-22-7-2-8-23-42,43-24-9-3-10-25-43)44-26-11-4-12-27-44)40-52(54)60-55(63)34-19-35-56(60)64-53-33-18-17-32-50(53)61-57(64)39-37-51-58-46-28-13-15-30-48(46)59(62(51)61)49-31-16-14-29-47(49)58/h1-40,58-59H. The Hall–Kier alpha value is -7.98. The van der Waals surface area contributed by atoms with Crippen LogP contribution in [0.1, 0.15) is 45.2 Å². The zero-order valence-corrected chi connectivity index (χ0v) is 36.6. The van der Waals surface area contributed by atoms with Crippen molar-refractivity contribution in [3.63, 3.8) is 0 Å². The SMILES string of the molecule is c1ccc(-n2c3ccc([Si](c4ccccc4)(c4ccccc4)c4ccccc4)cc3c3c(-n4c5ccccc5c5c6c(ccc54)C4c5ccccc5C6c5ccccc54)cccc32)cc1. The van der Waals surface area contributed by atoms with Gasteiger partial charge in [0.1, 0.15) is 0 Å². The zero-order chi connectivity index (χ0) is 42.6. The average Bonchev–Trinajstić information content (AvgIpc) is 3.91. The summed E-state index contributed by atoms with van der Waals surface area (Å²) >= 11 is 0. The lowest BCUT2D eigenvalue weighted by Crippen LogP contribution is -2.74. The Balaban J connectivity index is 1.11. The van der Waals surface area contributed by atoms with Crippen molar-refractivity contribution in [2.45, 2.75) is 11.8 Å². The van der Waals surface area contributed by atoms with E-state index in [0.717, 1.165) is 5.69 Å². The van der Waals surface area contributed by atoms with Crippen LogP contribution in [0.25, 0.3) is 55.0 Å². The van der Waals surface area contributed by atoms with E-state index in [4.69, 9.17) is 0 Å². The summed E-state index contributed by atoms with van der Waals surface area (Å²) in [5, 5.41) is 10.6. The minimum atomic E-state index is -2.84. The Kier molecular flexibility index (Phi) is 7.87. The van der Waals surface area contributed by atoms with Gasteiger partial charge < -0.3 is 9.13 Å². The quantitative estimate of drug-likeness (QED) is 0.117. The summed E-state index contributed by atoms with van der Waals surface area (Å²) in [7, 11) is -2.84. The molecule has 0 atom stereocenters. The first kappa shape index (κ1) is 36.5. The van der Waals surface area contributed by atoms with Gasteiger partial charge in [-0.25, -0.2) is 0 Å². The summed E-state index contributed by atoms with van der Waals surface area (Å²) in [6, 6.07) is 91.6. The van der Waals surface area contributed by atoms with Crippen LogP contribution in [0.5, 0.6) is 0 Å². The molecule has 0 saturated carbocycles. The van der Waals surface area contributed by atoms with Crippen LogP contribution in [-0.2, 0) is 0 Å². The normalized spacial score (nSPS) is 15.1. The van der Waals surface area contributed by atoms with Crippen molar-refractivity contribution in [1.82, 2.24) is 9.13 Å². The predicted molar refractivity (Wildman–Crippen MR) is 274 cm³/mol. The summed E-state index contributed by atoms with van der Waals surface area (Å²) in [5.74, 6) is 0.374. The summed E-state index contributed by atoms with van der Waals surface area (Å²) in [6.07, 6.45) is 0. The molecule has 3 heteroatoms. The molecule has 0 N–H and O–H groups in total. The van der Waals surface area contributed by atoms with Gasteiger partial charge in [-0.15, -0.1) is 0 Å². The second kappa shape index (κ2) is 14.0. The molecule has 0 spiro atoms. The summed E-state index contributed by atoms with van der Waals surface area (Å²) in [5.41, 5.74) is 15.9. The highest BCUT2D eigenvalue weighted by Crippen LogP contribution is 2.58. The Labute approximate surface area is 378 Å². The van der Waals surface area contributed by atoms with Crippen LogP contribution in [0.2, 0.25) is 0 Å². The van der Waals surface area contributed by atoms with E-state index in [1.54, 1.807) is 0 Å². The minimum Gasteiger partial charge on any atom is -0.309 e. The van der Waals surface area contributed by atoms with Crippen LogP contribution >= 0.6 is 0 Å².